The van der Waals surface area contributed by atoms with Crippen molar-refractivity contribution in [2.24, 2.45) is 0 Å². The summed E-state index contributed by atoms with van der Waals surface area (Å²) in [5.41, 5.74) is 9.32. The Morgan fingerprint density at radius 3 is 1.45 bits per heavy atom. The molecule has 7 aromatic rings. The van der Waals surface area contributed by atoms with E-state index in [0.29, 0.717) is 0 Å². The standard InChI is InChI=1S/C36H26N2/c1-4-14-27(15-5-1)33-26-30(38-34-22-12-10-20-31(34)32-21-11-13-23-35(32)38)24-25-36(33)37(28-16-6-2-7-17-28)29-18-8-3-9-19-29/h1-26H. The molecule has 7 rings (SSSR count). The van der Waals surface area contributed by atoms with Crippen molar-refractivity contribution in [3.63, 3.8) is 0 Å². The maximum Gasteiger partial charge on any atom is 0.0541 e. The summed E-state index contributed by atoms with van der Waals surface area (Å²) in [5, 5.41) is 2.53. The lowest BCUT2D eigenvalue weighted by atomic mass is 10.0. The van der Waals surface area contributed by atoms with Crippen LogP contribution in [0.3, 0.4) is 0 Å². The van der Waals surface area contributed by atoms with Gasteiger partial charge in [0.25, 0.3) is 0 Å². The van der Waals surface area contributed by atoms with Gasteiger partial charge in [0, 0.05) is 33.4 Å². The number of anilines is 3. The summed E-state index contributed by atoms with van der Waals surface area (Å²) in [6.45, 7) is 0. The van der Waals surface area contributed by atoms with E-state index in [4.69, 9.17) is 0 Å². The van der Waals surface area contributed by atoms with Gasteiger partial charge in [0.1, 0.15) is 0 Å². The first-order valence-electron chi connectivity index (χ1n) is 13.0. The summed E-state index contributed by atoms with van der Waals surface area (Å²) in [4.78, 5) is 2.35. The van der Waals surface area contributed by atoms with Crippen LogP contribution in [0.25, 0.3) is 38.6 Å². The summed E-state index contributed by atoms with van der Waals surface area (Å²) in [6.07, 6.45) is 0. The molecule has 38 heavy (non-hydrogen) atoms. The van der Waals surface area contributed by atoms with Crippen LogP contribution >= 0.6 is 0 Å². The van der Waals surface area contributed by atoms with Gasteiger partial charge >= 0.3 is 0 Å². The molecule has 0 radical (unpaired) electrons. The molecular weight excluding hydrogens is 460 g/mol. The lowest BCUT2D eigenvalue weighted by Gasteiger charge is -2.28. The van der Waals surface area contributed by atoms with E-state index in [2.05, 4.69) is 167 Å². The van der Waals surface area contributed by atoms with Crippen molar-refractivity contribution in [1.29, 1.82) is 0 Å². The van der Waals surface area contributed by atoms with E-state index in [1.165, 1.54) is 32.9 Å². The fraction of sp³-hybridized carbons (Fsp3) is 0. The highest BCUT2D eigenvalue weighted by Gasteiger charge is 2.19. The molecule has 0 aliphatic heterocycles. The van der Waals surface area contributed by atoms with Crippen molar-refractivity contribution >= 4 is 38.9 Å². The normalized spacial score (nSPS) is 11.2. The van der Waals surface area contributed by atoms with E-state index in [1.54, 1.807) is 0 Å². The molecule has 2 heteroatoms. The third-order valence-corrected chi connectivity index (χ3v) is 7.17. The summed E-state index contributed by atoms with van der Waals surface area (Å²) in [5.74, 6) is 0. The van der Waals surface area contributed by atoms with E-state index in [1.807, 2.05) is 0 Å². The number of aromatic nitrogens is 1. The Labute approximate surface area is 222 Å². The van der Waals surface area contributed by atoms with Gasteiger partial charge in [0.05, 0.1) is 16.7 Å². The fourth-order valence-corrected chi connectivity index (χ4v) is 5.49. The second kappa shape index (κ2) is 9.42. The first kappa shape index (κ1) is 22.1. The van der Waals surface area contributed by atoms with Crippen molar-refractivity contribution in [3.05, 3.63) is 158 Å². The number of benzene rings is 6. The second-order valence-corrected chi connectivity index (χ2v) is 9.44. The molecule has 1 heterocycles. The van der Waals surface area contributed by atoms with E-state index >= 15 is 0 Å². The predicted molar refractivity (Wildman–Crippen MR) is 161 cm³/mol. The third kappa shape index (κ3) is 3.75. The van der Waals surface area contributed by atoms with E-state index in [-0.39, 0.29) is 0 Å². The van der Waals surface area contributed by atoms with Crippen molar-refractivity contribution in [1.82, 2.24) is 4.57 Å². The molecule has 0 aliphatic carbocycles. The molecule has 2 nitrogen and oxygen atoms in total. The molecule has 0 unspecified atom stereocenters. The monoisotopic (exact) mass is 486 g/mol. The zero-order valence-electron chi connectivity index (χ0n) is 20.9. The molecule has 6 aromatic carbocycles. The Morgan fingerprint density at radius 2 is 0.895 bits per heavy atom. The largest absolute Gasteiger partial charge is 0.310 e. The Morgan fingerprint density at radius 1 is 0.421 bits per heavy atom. The molecule has 0 N–H and O–H groups in total. The van der Waals surface area contributed by atoms with Crippen LogP contribution in [0.2, 0.25) is 0 Å². The van der Waals surface area contributed by atoms with E-state index in [9.17, 15) is 0 Å². The van der Waals surface area contributed by atoms with Crippen LogP contribution in [0.4, 0.5) is 17.1 Å². The summed E-state index contributed by atoms with van der Waals surface area (Å²) in [6, 6.07) is 56.1. The Kier molecular flexibility index (Phi) is 5.49. The molecule has 0 saturated carbocycles. The number of hydrogen-bond donors (Lipinski definition) is 0. The number of nitrogens with zero attached hydrogens (tertiary/aromatic N) is 2. The average Bonchev–Trinajstić information content (AvgIpc) is 3.34. The van der Waals surface area contributed by atoms with Gasteiger partial charge in [-0.3, -0.25) is 0 Å². The lowest BCUT2D eigenvalue weighted by molar-refractivity contribution is 1.17. The van der Waals surface area contributed by atoms with Gasteiger partial charge in [-0.25, -0.2) is 0 Å². The van der Waals surface area contributed by atoms with Gasteiger partial charge in [0.15, 0.2) is 0 Å². The quantitative estimate of drug-likeness (QED) is 0.235. The molecule has 1 aromatic heterocycles. The molecule has 0 aliphatic rings. The molecule has 0 amide bonds. The zero-order valence-corrected chi connectivity index (χ0v) is 20.9. The maximum atomic E-state index is 2.39. The first-order valence-corrected chi connectivity index (χ1v) is 13.0. The van der Waals surface area contributed by atoms with Crippen molar-refractivity contribution < 1.29 is 0 Å². The second-order valence-electron chi connectivity index (χ2n) is 9.44. The van der Waals surface area contributed by atoms with Gasteiger partial charge < -0.3 is 9.47 Å². The van der Waals surface area contributed by atoms with Crippen LogP contribution in [0, 0.1) is 0 Å². The van der Waals surface area contributed by atoms with Crippen LogP contribution in [-0.2, 0) is 0 Å². The predicted octanol–water partition coefficient (Wildman–Crippen LogP) is 9.92. The Balaban J connectivity index is 1.52. The number of rotatable bonds is 5. The summed E-state index contributed by atoms with van der Waals surface area (Å²) >= 11 is 0. The van der Waals surface area contributed by atoms with Crippen LogP contribution in [-0.4, -0.2) is 4.57 Å². The summed E-state index contributed by atoms with van der Waals surface area (Å²) in [7, 11) is 0. The van der Waals surface area contributed by atoms with Crippen molar-refractivity contribution in [3.8, 4) is 16.8 Å². The average molecular weight is 487 g/mol. The number of para-hydroxylation sites is 4. The third-order valence-electron chi connectivity index (χ3n) is 7.17. The lowest BCUT2D eigenvalue weighted by Crippen LogP contribution is -2.11. The Hall–Kier alpha value is -5.08. The van der Waals surface area contributed by atoms with Gasteiger partial charge in [0.2, 0.25) is 0 Å². The van der Waals surface area contributed by atoms with Gasteiger partial charge in [-0.2, -0.15) is 0 Å². The molecule has 180 valence electrons. The van der Waals surface area contributed by atoms with Gasteiger partial charge in [-0.05, 0) is 60.2 Å². The molecule has 0 fully saturated rings. The van der Waals surface area contributed by atoms with Gasteiger partial charge in [-0.1, -0.05) is 103 Å². The smallest absolute Gasteiger partial charge is 0.0541 e. The van der Waals surface area contributed by atoms with Crippen LogP contribution in [0.1, 0.15) is 0 Å². The fourth-order valence-electron chi connectivity index (χ4n) is 5.49. The number of hydrogen-bond acceptors (Lipinski definition) is 1. The Bertz CT molecular complexity index is 1760. The molecule has 0 saturated heterocycles. The first-order chi connectivity index (χ1) is 18.9. The highest BCUT2D eigenvalue weighted by atomic mass is 15.1. The topological polar surface area (TPSA) is 8.17 Å². The minimum atomic E-state index is 1.13. The highest BCUT2D eigenvalue weighted by Crippen LogP contribution is 2.42. The molecule has 0 atom stereocenters. The van der Waals surface area contributed by atoms with E-state index < -0.39 is 0 Å². The molecule has 0 bridgehead atoms. The minimum Gasteiger partial charge on any atom is -0.310 e. The molecular formula is C36H26N2. The molecule has 0 spiro atoms. The van der Waals surface area contributed by atoms with Crippen LogP contribution in [0.15, 0.2) is 158 Å². The van der Waals surface area contributed by atoms with Gasteiger partial charge in [-0.15, -0.1) is 0 Å². The number of fused-ring (bicyclic) bond motifs is 3. The summed E-state index contributed by atoms with van der Waals surface area (Å²) < 4.78 is 2.39. The minimum absolute atomic E-state index is 1.13. The van der Waals surface area contributed by atoms with Crippen LogP contribution in [0.5, 0.6) is 0 Å². The zero-order chi connectivity index (χ0) is 25.3. The SMILES string of the molecule is c1ccc(-c2cc(-n3c4ccccc4c4ccccc43)ccc2N(c2ccccc2)c2ccccc2)cc1. The highest BCUT2D eigenvalue weighted by molar-refractivity contribution is 6.09. The van der Waals surface area contributed by atoms with E-state index in [0.717, 1.165) is 22.7 Å². The van der Waals surface area contributed by atoms with Crippen LogP contribution < -0.4 is 4.90 Å². The maximum absolute atomic E-state index is 2.39. The van der Waals surface area contributed by atoms with Crippen molar-refractivity contribution in [2.45, 2.75) is 0 Å². The van der Waals surface area contributed by atoms with Crippen molar-refractivity contribution in [2.75, 3.05) is 4.90 Å².